The molecule has 0 aromatic heterocycles. The normalized spacial score (nSPS) is 32.6. The van der Waals surface area contributed by atoms with E-state index in [1.54, 1.807) is 0 Å². The molecule has 0 saturated heterocycles. The molecule has 1 saturated carbocycles. The molecular weight excluding hydrogens is 168 g/mol. The van der Waals surface area contributed by atoms with Crippen molar-refractivity contribution in [3.8, 4) is 0 Å². The number of fused-ring (bicyclic) bond motifs is 1. The standard InChI is InChI=1S/C12H14.C2H6/c1-4-9-6-11-8(3)12(11)7-10(9)5-2;1-2/h4-8,11-12H,1-2H2,3H3;1-2H3. The topological polar surface area (TPSA) is 0 Å². The van der Waals surface area contributed by atoms with Crippen molar-refractivity contribution in [1.82, 2.24) is 0 Å². The van der Waals surface area contributed by atoms with Crippen LogP contribution in [0.5, 0.6) is 0 Å². The summed E-state index contributed by atoms with van der Waals surface area (Å²) in [6, 6.07) is 0. The zero-order chi connectivity index (χ0) is 10.7. The van der Waals surface area contributed by atoms with Gasteiger partial charge in [0.25, 0.3) is 0 Å². The molecule has 0 radical (unpaired) electrons. The Balaban J connectivity index is 0.000000461. The van der Waals surface area contributed by atoms with Crippen molar-refractivity contribution in [1.29, 1.82) is 0 Å². The molecular formula is C14H20. The van der Waals surface area contributed by atoms with E-state index in [9.17, 15) is 0 Å². The quantitative estimate of drug-likeness (QED) is 0.611. The van der Waals surface area contributed by atoms with Crippen LogP contribution in [0.4, 0.5) is 0 Å². The highest BCUT2D eigenvalue weighted by molar-refractivity contribution is 5.50. The Kier molecular flexibility index (Phi) is 3.51. The van der Waals surface area contributed by atoms with Gasteiger partial charge in [-0.2, -0.15) is 0 Å². The summed E-state index contributed by atoms with van der Waals surface area (Å²) in [4.78, 5) is 0. The van der Waals surface area contributed by atoms with Crippen molar-refractivity contribution < 1.29 is 0 Å². The first kappa shape index (κ1) is 11.0. The molecule has 0 nitrogen and oxygen atoms in total. The first-order valence-electron chi connectivity index (χ1n) is 5.47. The SMILES string of the molecule is C=CC1=CC2C(C)C2C=C1C=C.CC. The van der Waals surface area contributed by atoms with Gasteiger partial charge in [0.1, 0.15) is 0 Å². The van der Waals surface area contributed by atoms with E-state index in [1.165, 1.54) is 11.1 Å². The minimum atomic E-state index is 0.779. The number of hydrogen-bond donors (Lipinski definition) is 0. The van der Waals surface area contributed by atoms with Crippen molar-refractivity contribution in [3.05, 3.63) is 48.6 Å². The van der Waals surface area contributed by atoms with Crippen molar-refractivity contribution in [3.63, 3.8) is 0 Å². The van der Waals surface area contributed by atoms with E-state index < -0.39 is 0 Å². The van der Waals surface area contributed by atoms with E-state index in [2.05, 4.69) is 32.2 Å². The summed E-state index contributed by atoms with van der Waals surface area (Å²) in [6.45, 7) is 13.9. The maximum absolute atomic E-state index is 3.80. The molecule has 2 atom stereocenters. The Hall–Kier alpha value is -1.04. The van der Waals surface area contributed by atoms with Gasteiger partial charge in [0, 0.05) is 0 Å². The van der Waals surface area contributed by atoms with Gasteiger partial charge in [0.2, 0.25) is 0 Å². The summed E-state index contributed by atoms with van der Waals surface area (Å²) in [5, 5.41) is 0. The highest BCUT2D eigenvalue weighted by atomic mass is 14.5. The van der Waals surface area contributed by atoms with Gasteiger partial charge in [-0.25, -0.2) is 0 Å². The lowest BCUT2D eigenvalue weighted by atomic mass is 9.98. The van der Waals surface area contributed by atoms with Crippen molar-refractivity contribution in [2.24, 2.45) is 17.8 Å². The van der Waals surface area contributed by atoms with Crippen molar-refractivity contribution in [2.75, 3.05) is 0 Å². The fourth-order valence-electron chi connectivity index (χ4n) is 2.03. The molecule has 1 fully saturated rings. The Labute approximate surface area is 87.7 Å². The second-order valence-electron chi connectivity index (χ2n) is 3.67. The summed E-state index contributed by atoms with van der Waals surface area (Å²) in [7, 11) is 0. The third-order valence-electron chi connectivity index (χ3n) is 3.03. The minimum Gasteiger partial charge on any atom is -0.0985 e. The first-order chi connectivity index (χ1) is 6.77. The van der Waals surface area contributed by atoms with Gasteiger partial charge >= 0.3 is 0 Å². The molecule has 0 heterocycles. The predicted octanol–water partition coefficient (Wildman–Crippen LogP) is 4.13. The molecule has 2 rings (SSSR count). The van der Waals surface area contributed by atoms with Crippen LogP contribution in [0.15, 0.2) is 48.6 Å². The molecule has 76 valence electrons. The van der Waals surface area contributed by atoms with Gasteiger partial charge in [-0.15, -0.1) is 0 Å². The van der Waals surface area contributed by atoms with Crippen LogP contribution in [0.2, 0.25) is 0 Å². The molecule has 0 bridgehead atoms. The second-order valence-corrected chi connectivity index (χ2v) is 3.67. The fourth-order valence-corrected chi connectivity index (χ4v) is 2.03. The summed E-state index contributed by atoms with van der Waals surface area (Å²) in [6.07, 6.45) is 8.52. The minimum absolute atomic E-state index is 0.779. The van der Waals surface area contributed by atoms with Crippen LogP contribution in [0, 0.1) is 17.8 Å². The number of rotatable bonds is 2. The van der Waals surface area contributed by atoms with Crippen molar-refractivity contribution in [2.45, 2.75) is 20.8 Å². The zero-order valence-corrected chi connectivity index (χ0v) is 9.46. The summed E-state index contributed by atoms with van der Waals surface area (Å²) >= 11 is 0. The van der Waals surface area contributed by atoms with Crippen LogP contribution in [0.1, 0.15) is 20.8 Å². The van der Waals surface area contributed by atoms with Gasteiger partial charge < -0.3 is 0 Å². The molecule has 2 aliphatic carbocycles. The predicted molar refractivity (Wildman–Crippen MR) is 64.1 cm³/mol. The van der Waals surface area contributed by atoms with Gasteiger partial charge in [0.05, 0.1) is 0 Å². The summed E-state index contributed by atoms with van der Waals surface area (Å²) < 4.78 is 0. The van der Waals surface area contributed by atoms with Crippen LogP contribution in [-0.2, 0) is 0 Å². The Morgan fingerprint density at radius 1 is 1.00 bits per heavy atom. The van der Waals surface area contributed by atoms with Gasteiger partial charge in [-0.3, -0.25) is 0 Å². The van der Waals surface area contributed by atoms with Crippen LogP contribution in [0.25, 0.3) is 0 Å². The average molecular weight is 188 g/mol. The summed E-state index contributed by atoms with van der Waals surface area (Å²) in [5.41, 5.74) is 2.52. The largest absolute Gasteiger partial charge is 0.0985 e. The third kappa shape index (κ3) is 1.75. The fraction of sp³-hybridized carbons (Fsp3) is 0.429. The molecule has 0 amide bonds. The second kappa shape index (κ2) is 4.45. The highest BCUT2D eigenvalue weighted by Crippen LogP contribution is 2.52. The molecule has 14 heavy (non-hydrogen) atoms. The van der Waals surface area contributed by atoms with Crippen molar-refractivity contribution >= 4 is 0 Å². The zero-order valence-electron chi connectivity index (χ0n) is 9.46. The number of hydrogen-bond acceptors (Lipinski definition) is 0. The molecule has 0 spiro atoms. The highest BCUT2D eigenvalue weighted by Gasteiger charge is 2.45. The van der Waals surface area contributed by atoms with Crippen LogP contribution in [0.3, 0.4) is 0 Å². The maximum Gasteiger partial charge on any atom is -0.0127 e. The Morgan fingerprint density at radius 3 is 1.64 bits per heavy atom. The molecule has 0 aromatic carbocycles. The molecule has 0 N–H and O–H groups in total. The lowest BCUT2D eigenvalue weighted by Crippen LogP contribution is -1.91. The van der Waals surface area contributed by atoms with Crippen LogP contribution < -0.4 is 0 Å². The smallest absolute Gasteiger partial charge is 0.0127 e. The number of allylic oxidation sites excluding steroid dienone is 6. The van der Waals surface area contributed by atoms with Gasteiger partial charge in [0.15, 0.2) is 0 Å². The van der Waals surface area contributed by atoms with E-state index >= 15 is 0 Å². The monoisotopic (exact) mass is 188 g/mol. The molecule has 0 aliphatic heterocycles. The Bertz CT molecular complexity index is 261. The lowest BCUT2D eigenvalue weighted by molar-refractivity contribution is 0.884. The van der Waals surface area contributed by atoms with E-state index in [4.69, 9.17) is 0 Å². The van der Waals surface area contributed by atoms with Gasteiger partial charge in [-0.1, -0.05) is 58.2 Å². The Morgan fingerprint density at radius 2 is 1.36 bits per heavy atom. The van der Waals surface area contributed by atoms with Crippen LogP contribution in [-0.4, -0.2) is 0 Å². The summed E-state index contributed by atoms with van der Waals surface area (Å²) in [5.74, 6) is 2.39. The third-order valence-corrected chi connectivity index (χ3v) is 3.03. The van der Waals surface area contributed by atoms with Crippen LogP contribution >= 0.6 is 0 Å². The molecule has 0 heteroatoms. The van der Waals surface area contributed by atoms with E-state index in [0.717, 1.165) is 17.8 Å². The molecule has 2 aliphatic rings. The molecule has 0 aromatic rings. The lowest BCUT2D eigenvalue weighted by Gasteiger charge is -2.07. The van der Waals surface area contributed by atoms with E-state index in [-0.39, 0.29) is 0 Å². The van der Waals surface area contributed by atoms with Gasteiger partial charge in [-0.05, 0) is 28.9 Å². The molecule has 2 unspecified atom stereocenters. The average Bonchev–Trinajstić information content (AvgIpc) is 2.90. The van der Waals surface area contributed by atoms with E-state index in [0.29, 0.717) is 0 Å². The first-order valence-corrected chi connectivity index (χ1v) is 5.47. The van der Waals surface area contributed by atoms with E-state index in [1.807, 2.05) is 26.0 Å². The maximum atomic E-state index is 3.80.